The molecule has 0 atom stereocenters. The third kappa shape index (κ3) is 4.25. The molecule has 1 aromatic carbocycles. The van der Waals surface area contributed by atoms with Crippen molar-refractivity contribution in [1.29, 1.82) is 0 Å². The SMILES string of the molecule is Cc1noc(CCNCc2ccc(F)cc2C(F)(F)F)n1. The fourth-order valence-electron chi connectivity index (χ4n) is 1.83. The van der Waals surface area contributed by atoms with Gasteiger partial charge in [-0.25, -0.2) is 4.39 Å². The molecule has 0 fully saturated rings. The van der Waals surface area contributed by atoms with Crippen LogP contribution in [-0.4, -0.2) is 16.7 Å². The first kappa shape index (κ1) is 15.4. The molecule has 0 aliphatic heterocycles. The van der Waals surface area contributed by atoms with Gasteiger partial charge in [-0.05, 0) is 24.6 Å². The van der Waals surface area contributed by atoms with E-state index in [9.17, 15) is 17.6 Å². The lowest BCUT2D eigenvalue weighted by Crippen LogP contribution is -2.20. The minimum atomic E-state index is -4.58. The van der Waals surface area contributed by atoms with E-state index < -0.39 is 17.6 Å². The van der Waals surface area contributed by atoms with Gasteiger partial charge in [0.1, 0.15) is 5.82 Å². The van der Waals surface area contributed by atoms with E-state index in [1.54, 1.807) is 6.92 Å². The molecule has 0 radical (unpaired) electrons. The standard InChI is InChI=1S/C13H13F4N3O/c1-8-19-12(21-20-8)4-5-18-7-9-2-3-10(14)6-11(9)13(15,16)17/h2-3,6,18H,4-5,7H2,1H3. The summed E-state index contributed by atoms with van der Waals surface area (Å²) < 4.78 is 56.2. The highest BCUT2D eigenvalue weighted by molar-refractivity contribution is 5.30. The number of hydrogen-bond donors (Lipinski definition) is 1. The van der Waals surface area contributed by atoms with Crippen molar-refractivity contribution in [3.05, 3.63) is 46.9 Å². The highest BCUT2D eigenvalue weighted by atomic mass is 19.4. The van der Waals surface area contributed by atoms with Gasteiger partial charge in [0.05, 0.1) is 5.56 Å². The second-order valence-corrected chi connectivity index (χ2v) is 4.46. The van der Waals surface area contributed by atoms with Crippen LogP contribution in [-0.2, 0) is 19.1 Å². The molecule has 8 heteroatoms. The summed E-state index contributed by atoms with van der Waals surface area (Å²) in [6.45, 7) is 2.02. The predicted octanol–water partition coefficient (Wildman–Crippen LogP) is 2.87. The van der Waals surface area contributed by atoms with E-state index >= 15 is 0 Å². The second-order valence-electron chi connectivity index (χ2n) is 4.46. The summed E-state index contributed by atoms with van der Waals surface area (Å²) >= 11 is 0. The zero-order chi connectivity index (χ0) is 15.5. The molecule has 0 bridgehead atoms. The van der Waals surface area contributed by atoms with Gasteiger partial charge < -0.3 is 9.84 Å². The number of aryl methyl sites for hydroxylation is 1. The Hall–Kier alpha value is -1.96. The number of nitrogens with zero attached hydrogens (tertiary/aromatic N) is 2. The molecule has 0 aliphatic carbocycles. The smallest absolute Gasteiger partial charge is 0.339 e. The number of nitrogens with one attached hydrogen (secondary N) is 1. The first-order valence-electron chi connectivity index (χ1n) is 6.22. The van der Waals surface area contributed by atoms with E-state index in [1.807, 2.05) is 0 Å². The summed E-state index contributed by atoms with van der Waals surface area (Å²) in [7, 11) is 0. The van der Waals surface area contributed by atoms with Crippen molar-refractivity contribution in [1.82, 2.24) is 15.5 Å². The molecule has 0 saturated carbocycles. The van der Waals surface area contributed by atoms with Gasteiger partial charge in [-0.15, -0.1) is 0 Å². The Morgan fingerprint density at radius 1 is 1.29 bits per heavy atom. The molecule has 2 aromatic rings. The predicted molar refractivity (Wildman–Crippen MR) is 65.8 cm³/mol. The average Bonchev–Trinajstić information content (AvgIpc) is 2.81. The highest BCUT2D eigenvalue weighted by Crippen LogP contribution is 2.32. The monoisotopic (exact) mass is 303 g/mol. The van der Waals surface area contributed by atoms with Gasteiger partial charge in [-0.1, -0.05) is 11.2 Å². The van der Waals surface area contributed by atoms with Crippen LogP contribution >= 0.6 is 0 Å². The van der Waals surface area contributed by atoms with Crippen molar-refractivity contribution < 1.29 is 22.1 Å². The minimum Gasteiger partial charge on any atom is -0.339 e. The maximum atomic E-state index is 12.9. The second kappa shape index (κ2) is 6.21. The normalized spacial score (nSPS) is 11.9. The van der Waals surface area contributed by atoms with Gasteiger partial charge in [0.15, 0.2) is 5.82 Å². The summed E-state index contributed by atoms with van der Waals surface area (Å²) in [5.41, 5.74) is -0.978. The molecule has 2 rings (SSSR count). The zero-order valence-corrected chi connectivity index (χ0v) is 11.2. The van der Waals surface area contributed by atoms with Crippen molar-refractivity contribution in [3.8, 4) is 0 Å². The summed E-state index contributed by atoms with van der Waals surface area (Å²) in [5, 5.41) is 6.45. The maximum absolute atomic E-state index is 12.9. The number of aromatic nitrogens is 2. The van der Waals surface area contributed by atoms with Crippen molar-refractivity contribution in [3.63, 3.8) is 0 Å². The Morgan fingerprint density at radius 2 is 2.05 bits per heavy atom. The van der Waals surface area contributed by atoms with E-state index in [0.717, 1.165) is 12.1 Å². The Labute approximate surface area is 118 Å². The lowest BCUT2D eigenvalue weighted by molar-refractivity contribution is -0.138. The molecule has 0 saturated heterocycles. The molecule has 114 valence electrons. The van der Waals surface area contributed by atoms with Crippen molar-refractivity contribution in [2.45, 2.75) is 26.1 Å². The fourth-order valence-corrected chi connectivity index (χ4v) is 1.83. The van der Waals surface area contributed by atoms with Crippen LogP contribution in [0.5, 0.6) is 0 Å². The van der Waals surface area contributed by atoms with E-state index in [0.29, 0.717) is 30.7 Å². The van der Waals surface area contributed by atoms with Crippen LogP contribution in [0.1, 0.15) is 22.8 Å². The number of halogens is 4. The molecular weight excluding hydrogens is 290 g/mol. The number of alkyl halides is 3. The molecule has 4 nitrogen and oxygen atoms in total. The topological polar surface area (TPSA) is 51.0 Å². The molecular formula is C13H13F4N3O. The van der Waals surface area contributed by atoms with Crippen molar-refractivity contribution >= 4 is 0 Å². The van der Waals surface area contributed by atoms with Gasteiger partial charge in [-0.3, -0.25) is 0 Å². The fraction of sp³-hybridized carbons (Fsp3) is 0.385. The molecule has 0 unspecified atom stereocenters. The van der Waals surface area contributed by atoms with Crippen LogP contribution in [0.15, 0.2) is 22.7 Å². The molecule has 1 aromatic heterocycles. The van der Waals surface area contributed by atoms with E-state index in [2.05, 4.69) is 15.5 Å². The first-order chi connectivity index (χ1) is 9.86. The quantitative estimate of drug-likeness (QED) is 0.681. The molecule has 1 N–H and O–H groups in total. The lowest BCUT2D eigenvalue weighted by Gasteiger charge is -2.13. The molecule has 0 spiro atoms. The first-order valence-corrected chi connectivity index (χ1v) is 6.22. The Bertz CT molecular complexity index is 610. The van der Waals surface area contributed by atoms with E-state index in [-0.39, 0.29) is 12.1 Å². The van der Waals surface area contributed by atoms with Crippen molar-refractivity contribution in [2.24, 2.45) is 0 Å². The maximum Gasteiger partial charge on any atom is 0.416 e. The lowest BCUT2D eigenvalue weighted by atomic mass is 10.1. The summed E-state index contributed by atoms with van der Waals surface area (Å²) in [6, 6.07) is 2.63. The number of benzene rings is 1. The van der Waals surface area contributed by atoms with Gasteiger partial charge in [-0.2, -0.15) is 18.2 Å². The third-order valence-electron chi connectivity index (χ3n) is 2.78. The van der Waals surface area contributed by atoms with Gasteiger partial charge in [0.25, 0.3) is 0 Å². The zero-order valence-electron chi connectivity index (χ0n) is 11.2. The van der Waals surface area contributed by atoms with E-state index in [1.165, 1.54) is 0 Å². The largest absolute Gasteiger partial charge is 0.416 e. The van der Waals surface area contributed by atoms with Crippen LogP contribution in [0.2, 0.25) is 0 Å². The van der Waals surface area contributed by atoms with Crippen LogP contribution < -0.4 is 5.32 Å². The Balaban J connectivity index is 1.94. The van der Waals surface area contributed by atoms with Crippen LogP contribution in [0, 0.1) is 12.7 Å². The van der Waals surface area contributed by atoms with Gasteiger partial charge in [0.2, 0.25) is 5.89 Å². The van der Waals surface area contributed by atoms with Gasteiger partial charge in [0, 0.05) is 19.5 Å². The molecule has 0 aliphatic rings. The van der Waals surface area contributed by atoms with Crippen LogP contribution in [0.25, 0.3) is 0 Å². The Morgan fingerprint density at radius 3 is 2.67 bits per heavy atom. The van der Waals surface area contributed by atoms with Crippen LogP contribution in [0.4, 0.5) is 17.6 Å². The average molecular weight is 303 g/mol. The molecule has 21 heavy (non-hydrogen) atoms. The summed E-state index contributed by atoms with van der Waals surface area (Å²) in [5.74, 6) is 0.00505. The highest BCUT2D eigenvalue weighted by Gasteiger charge is 2.33. The van der Waals surface area contributed by atoms with Crippen LogP contribution in [0.3, 0.4) is 0 Å². The molecule has 1 heterocycles. The summed E-state index contributed by atoms with van der Waals surface area (Å²) in [6.07, 6.45) is -4.17. The minimum absolute atomic E-state index is 0.00869. The summed E-state index contributed by atoms with van der Waals surface area (Å²) in [4.78, 5) is 3.98. The third-order valence-corrected chi connectivity index (χ3v) is 2.78. The number of rotatable bonds is 5. The Kier molecular flexibility index (Phi) is 4.56. The van der Waals surface area contributed by atoms with Crippen molar-refractivity contribution in [2.75, 3.05) is 6.54 Å². The number of hydrogen-bond acceptors (Lipinski definition) is 4. The molecule has 0 amide bonds. The van der Waals surface area contributed by atoms with Gasteiger partial charge >= 0.3 is 6.18 Å². The van der Waals surface area contributed by atoms with E-state index in [4.69, 9.17) is 4.52 Å².